The van der Waals surface area contributed by atoms with Crippen molar-refractivity contribution in [1.29, 1.82) is 0 Å². The Bertz CT molecular complexity index is 1330. The van der Waals surface area contributed by atoms with Crippen LogP contribution >= 0.6 is 0 Å². The number of benzene rings is 3. The van der Waals surface area contributed by atoms with Crippen molar-refractivity contribution in [3.63, 3.8) is 0 Å². The number of nitrogens with two attached hydrogens (primary N) is 1. The number of aromatic nitrogens is 2. The third-order valence-electron chi connectivity index (χ3n) is 4.51. The van der Waals surface area contributed by atoms with Gasteiger partial charge in [-0.15, -0.1) is 0 Å². The molecule has 0 aliphatic carbocycles. The maximum Gasteiger partial charge on any atom is 0.279 e. The Labute approximate surface area is 181 Å². The second-order valence-corrected chi connectivity index (χ2v) is 6.66. The summed E-state index contributed by atoms with van der Waals surface area (Å²) in [5.74, 6) is -1.46. The molecule has 160 valence electrons. The summed E-state index contributed by atoms with van der Waals surface area (Å²) in [5, 5.41) is 2.69. The number of nitrogens with zero attached hydrogens (tertiary/aromatic N) is 2. The van der Waals surface area contributed by atoms with Gasteiger partial charge in [0.15, 0.2) is 17.2 Å². The molecule has 4 rings (SSSR count). The van der Waals surface area contributed by atoms with Gasteiger partial charge in [0.1, 0.15) is 5.82 Å². The Balaban J connectivity index is 1.72. The van der Waals surface area contributed by atoms with Crippen molar-refractivity contribution in [3.05, 3.63) is 83.8 Å². The lowest BCUT2D eigenvalue weighted by Crippen LogP contribution is -2.16. The van der Waals surface area contributed by atoms with E-state index in [1.54, 1.807) is 24.3 Å². The van der Waals surface area contributed by atoms with Crippen LogP contribution in [-0.4, -0.2) is 28.9 Å². The van der Waals surface area contributed by atoms with E-state index in [4.69, 9.17) is 15.2 Å². The number of halogens is 1. The van der Waals surface area contributed by atoms with Crippen LogP contribution in [0.2, 0.25) is 0 Å². The van der Waals surface area contributed by atoms with E-state index in [1.807, 2.05) is 0 Å². The molecule has 9 heteroatoms. The molecule has 0 bridgehead atoms. The number of fused-ring (bicyclic) bond motifs is 1. The third-order valence-corrected chi connectivity index (χ3v) is 4.51. The predicted octanol–water partition coefficient (Wildman–Crippen LogP) is 3.92. The number of hydrogen-bond acceptors (Lipinski definition) is 6. The van der Waals surface area contributed by atoms with Crippen LogP contribution in [0.15, 0.2) is 66.7 Å². The van der Waals surface area contributed by atoms with Crippen LogP contribution in [0, 0.1) is 5.82 Å². The molecular weight excluding hydrogens is 415 g/mol. The number of hydrogen-bond donors (Lipinski definition) is 2. The summed E-state index contributed by atoms with van der Waals surface area (Å²) in [6.45, 7) is 0. The number of carbonyl (C=O) groups excluding carboxylic acids is 2. The molecule has 3 N–H and O–H groups in total. The molecule has 0 unspecified atom stereocenters. The first kappa shape index (κ1) is 20.7. The van der Waals surface area contributed by atoms with Crippen LogP contribution in [0.5, 0.6) is 17.4 Å². The van der Waals surface area contributed by atoms with Gasteiger partial charge >= 0.3 is 0 Å². The fourth-order valence-electron chi connectivity index (χ4n) is 2.94. The second kappa shape index (κ2) is 8.68. The van der Waals surface area contributed by atoms with Crippen molar-refractivity contribution in [3.8, 4) is 17.4 Å². The average molecular weight is 432 g/mol. The molecule has 0 fully saturated rings. The third kappa shape index (κ3) is 4.31. The molecule has 2 amide bonds. The van der Waals surface area contributed by atoms with Crippen LogP contribution < -0.4 is 20.5 Å². The van der Waals surface area contributed by atoms with Crippen molar-refractivity contribution < 1.29 is 23.5 Å². The molecule has 0 atom stereocenters. The predicted molar refractivity (Wildman–Crippen MR) is 115 cm³/mol. The fraction of sp³-hybridized carbons (Fsp3) is 0.0435. The minimum absolute atomic E-state index is 0.0835. The Morgan fingerprint density at radius 3 is 2.28 bits per heavy atom. The van der Waals surface area contributed by atoms with Crippen LogP contribution in [0.25, 0.3) is 11.0 Å². The molecule has 3 aromatic carbocycles. The minimum atomic E-state index is -0.592. The van der Waals surface area contributed by atoms with Crippen LogP contribution in [-0.2, 0) is 0 Å². The van der Waals surface area contributed by atoms with Gasteiger partial charge in [0.2, 0.25) is 5.91 Å². The highest BCUT2D eigenvalue weighted by atomic mass is 19.1. The normalized spacial score (nSPS) is 10.6. The monoisotopic (exact) mass is 432 g/mol. The van der Waals surface area contributed by atoms with Crippen molar-refractivity contribution >= 4 is 28.5 Å². The van der Waals surface area contributed by atoms with Gasteiger partial charge in [-0.1, -0.05) is 12.1 Å². The smallest absolute Gasteiger partial charge is 0.279 e. The molecule has 1 heterocycles. The lowest BCUT2D eigenvalue weighted by molar-refractivity contribution is 0.0997. The van der Waals surface area contributed by atoms with Gasteiger partial charge in [0.05, 0.1) is 18.1 Å². The summed E-state index contributed by atoms with van der Waals surface area (Å²) < 4.78 is 24.5. The van der Waals surface area contributed by atoms with E-state index < -0.39 is 17.6 Å². The van der Waals surface area contributed by atoms with Gasteiger partial charge < -0.3 is 20.5 Å². The van der Waals surface area contributed by atoms with Gasteiger partial charge in [-0.25, -0.2) is 14.4 Å². The molecule has 1 aromatic heterocycles. The summed E-state index contributed by atoms with van der Waals surface area (Å²) in [4.78, 5) is 33.1. The summed E-state index contributed by atoms with van der Waals surface area (Å²) in [5.41, 5.74) is 6.87. The Morgan fingerprint density at radius 2 is 1.62 bits per heavy atom. The summed E-state index contributed by atoms with van der Waals surface area (Å²) in [6, 6.07) is 16.8. The zero-order valence-corrected chi connectivity index (χ0v) is 16.8. The number of amides is 2. The number of carbonyl (C=O) groups is 2. The molecule has 8 nitrogen and oxygen atoms in total. The van der Waals surface area contributed by atoms with Gasteiger partial charge in [-0.3, -0.25) is 9.59 Å². The maximum atomic E-state index is 13.6. The largest absolute Gasteiger partial charge is 0.493 e. The standard InChI is InChI=1S/C23H17FN4O4/c1-31-19-12-14(24)8-11-18(19)32-23-20(27-16-4-2-3-5-17(16)28-23)22(30)26-15-9-6-13(7-10-15)21(25)29/h2-12H,1H3,(H2,25,29)(H,26,30). The number of para-hydroxylation sites is 2. The van der Waals surface area contributed by atoms with Crippen LogP contribution in [0.3, 0.4) is 0 Å². The molecule has 32 heavy (non-hydrogen) atoms. The first-order chi connectivity index (χ1) is 15.4. The van der Waals surface area contributed by atoms with Crippen molar-refractivity contribution in [2.24, 2.45) is 5.73 Å². The highest BCUT2D eigenvalue weighted by Crippen LogP contribution is 2.33. The lowest BCUT2D eigenvalue weighted by Gasteiger charge is -2.13. The summed E-state index contributed by atoms with van der Waals surface area (Å²) in [6.07, 6.45) is 0. The zero-order chi connectivity index (χ0) is 22.7. The summed E-state index contributed by atoms with van der Waals surface area (Å²) >= 11 is 0. The van der Waals surface area contributed by atoms with Gasteiger partial charge in [0.25, 0.3) is 11.8 Å². The Morgan fingerprint density at radius 1 is 0.938 bits per heavy atom. The van der Waals surface area contributed by atoms with Crippen LogP contribution in [0.4, 0.5) is 10.1 Å². The number of rotatable bonds is 6. The molecule has 0 aliphatic heterocycles. The van der Waals surface area contributed by atoms with Gasteiger partial charge in [-0.05, 0) is 48.5 Å². The van der Waals surface area contributed by atoms with E-state index in [2.05, 4.69) is 15.3 Å². The first-order valence-corrected chi connectivity index (χ1v) is 9.44. The molecule has 4 aromatic rings. The highest BCUT2D eigenvalue weighted by molar-refractivity contribution is 6.05. The number of methoxy groups -OCH3 is 1. The second-order valence-electron chi connectivity index (χ2n) is 6.66. The summed E-state index contributed by atoms with van der Waals surface area (Å²) in [7, 11) is 1.37. The van der Waals surface area contributed by atoms with E-state index >= 15 is 0 Å². The van der Waals surface area contributed by atoms with Crippen LogP contribution in [0.1, 0.15) is 20.8 Å². The fourth-order valence-corrected chi connectivity index (χ4v) is 2.94. The molecule has 0 saturated heterocycles. The lowest BCUT2D eigenvalue weighted by atomic mass is 10.2. The van der Waals surface area contributed by atoms with E-state index in [0.717, 1.165) is 6.07 Å². The molecule has 0 radical (unpaired) electrons. The van der Waals surface area contributed by atoms with E-state index in [0.29, 0.717) is 22.3 Å². The molecule has 0 saturated carbocycles. The van der Waals surface area contributed by atoms with Crippen molar-refractivity contribution in [2.45, 2.75) is 0 Å². The van der Waals surface area contributed by atoms with Crippen molar-refractivity contribution in [1.82, 2.24) is 9.97 Å². The SMILES string of the molecule is COc1cc(F)ccc1Oc1nc2ccccc2nc1C(=O)Nc1ccc(C(N)=O)cc1. The Kier molecular flexibility index (Phi) is 5.63. The maximum absolute atomic E-state index is 13.6. The van der Waals surface area contributed by atoms with E-state index in [-0.39, 0.29) is 23.1 Å². The molecular formula is C23H17FN4O4. The number of ether oxygens (including phenoxy) is 2. The highest BCUT2D eigenvalue weighted by Gasteiger charge is 2.20. The first-order valence-electron chi connectivity index (χ1n) is 9.44. The zero-order valence-electron chi connectivity index (χ0n) is 16.8. The number of anilines is 1. The molecule has 0 spiro atoms. The minimum Gasteiger partial charge on any atom is -0.493 e. The topological polar surface area (TPSA) is 116 Å². The quantitative estimate of drug-likeness (QED) is 0.477. The van der Waals surface area contributed by atoms with E-state index in [9.17, 15) is 14.0 Å². The number of nitrogens with one attached hydrogen (secondary N) is 1. The Hall–Kier alpha value is -4.53. The van der Waals surface area contributed by atoms with Gasteiger partial charge in [0, 0.05) is 17.3 Å². The number of primary amides is 1. The average Bonchev–Trinajstić information content (AvgIpc) is 2.80. The van der Waals surface area contributed by atoms with E-state index in [1.165, 1.54) is 43.5 Å². The van der Waals surface area contributed by atoms with Crippen molar-refractivity contribution in [2.75, 3.05) is 12.4 Å². The van der Waals surface area contributed by atoms with Gasteiger partial charge in [-0.2, -0.15) is 0 Å². The molecule has 0 aliphatic rings.